The first-order chi connectivity index (χ1) is 2.50. The average Bonchev–Trinajstić information content (AvgIpc) is 1.76. The van der Waals surface area contributed by atoms with E-state index in [1.165, 1.54) is 0 Å². The van der Waals surface area contributed by atoms with E-state index in [1.54, 1.807) is 12.5 Å². The Kier molecular flexibility index (Phi) is 2.91. The maximum Gasteiger partial charge on any atom is 0.0902 e. The van der Waals surface area contributed by atoms with Gasteiger partial charge < -0.3 is 4.42 Å². The number of hydrogen-bond donors (Lipinski definition) is 0. The first-order valence-electron chi connectivity index (χ1n) is 1.47. The summed E-state index contributed by atoms with van der Waals surface area (Å²) in [6.45, 7) is 0. The van der Waals surface area contributed by atoms with Crippen molar-refractivity contribution in [2.24, 2.45) is 0 Å². The summed E-state index contributed by atoms with van der Waals surface area (Å²) in [5.41, 5.74) is 0. The molecule has 0 spiro atoms. The molecule has 0 atom stereocenters. The van der Waals surface area contributed by atoms with E-state index in [9.17, 15) is 0 Å². The molecule has 34 valence electrons. The first kappa shape index (κ1) is 5.80. The molecule has 0 aromatic carbocycles. The topological polar surface area (TPSA) is 13.1 Å². The molecule has 6 heavy (non-hydrogen) atoms. The van der Waals surface area contributed by atoms with Gasteiger partial charge in [-0.3, -0.25) is 0 Å². The zero-order valence-electron chi connectivity index (χ0n) is 3.07. The fraction of sp³-hybridized carbons (Fsp3) is 0. The zero-order valence-corrected chi connectivity index (χ0v) is 4.18. The molecule has 0 aliphatic carbocycles. The Morgan fingerprint density at radius 1 is 1.00 bits per heavy atom. The molecule has 1 aromatic heterocycles. The van der Waals surface area contributed by atoms with Gasteiger partial charge in [0, 0.05) is 17.1 Å². The minimum absolute atomic E-state index is 0. The monoisotopic (exact) mass is 124 g/mol. The summed E-state index contributed by atoms with van der Waals surface area (Å²) in [5.74, 6) is 0. The third-order valence-corrected chi connectivity index (χ3v) is 0.425. The van der Waals surface area contributed by atoms with Crippen LogP contribution in [-0.4, -0.2) is 0 Å². The van der Waals surface area contributed by atoms with Gasteiger partial charge in [0.15, 0.2) is 0 Å². The van der Waals surface area contributed by atoms with E-state index < -0.39 is 0 Å². The van der Waals surface area contributed by atoms with Gasteiger partial charge in [0.05, 0.1) is 12.5 Å². The summed E-state index contributed by atoms with van der Waals surface area (Å²) in [5, 5.41) is 0. The third-order valence-electron chi connectivity index (χ3n) is 0.425. The summed E-state index contributed by atoms with van der Waals surface area (Å²) in [6, 6.07) is 3.67. The molecule has 0 amide bonds. The predicted octanol–water partition coefficient (Wildman–Crippen LogP) is 1.28. The van der Waals surface area contributed by atoms with E-state index in [1.807, 2.05) is 12.1 Å². The Balaban J connectivity index is 0.000000250. The van der Waals surface area contributed by atoms with E-state index in [0.717, 1.165) is 0 Å². The summed E-state index contributed by atoms with van der Waals surface area (Å²) in [7, 11) is 0. The van der Waals surface area contributed by atoms with Crippen molar-refractivity contribution >= 4 is 0 Å². The van der Waals surface area contributed by atoms with E-state index in [0.29, 0.717) is 0 Å². The van der Waals surface area contributed by atoms with Gasteiger partial charge in [-0.25, -0.2) is 0 Å². The summed E-state index contributed by atoms with van der Waals surface area (Å²) in [4.78, 5) is 0. The molecule has 0 saturated heterocycles. The predicted molar refractivity (Wildman–Crippen MR) is 18.7 cm³/mol. The van der Waals surface area contributed by atoms with Crippen LogP contribution in [0.2, 0.25) is 0 Å². The van der Waals surface area contributed by atoms with E-state index in [-0.39, 0.29) is 17.1 Å². The number of hydrogen-bond acceptors (Lipinski definition) is 1. The minimum atomic E-state index is 0. The van der Waals surface area contributed by atoms with Gasteiger partial charge in [-0.2, -0.15) is 0 Å². The summed E-state index contributed by atoms with van der Waals surface area (Å²) < 4.78 is 4.58. The number of rotatable bonds is 0. The molecule has 0 fully saturated rings. The Bertz CT molecular complexity index is 64.0. The van der Waals surface area contributed by atoms with Crippen molar-refractivity contribution in [3.8, 4) is 0 Å². The van der Waals surface area contributed by atoms with Crippen LogP contribution in [0.1, 0.15) is 0 Å². The summed E-state index contributed by atoms with van der Waals surface area (Å²) >= 11 is 0. The third kappa shape index (κ3) is 1.29. The normalized spacial score (nSPS) is 6.67. The maximum absolute atomic E-state index is 4.58. The van der Waals surface area contributed by atoms with Crippen LogP contribution in [0.5, 0.6) is 0 Å². The van der Waals surface area contributed by atoms with Crippen LogP contribution in [0.15, 0.2) is 29.1 Å². The Labute approximate surface area is 46.8 Å². The van der Waals surface area contributed by atoms with Gasteiger partial charge in [0.25, 0.3) is 0 Å². The van der Waals surface area contributed by atoms with Crippen molar-refractivity contribution in [1.82, 2.24) is 0 Å². The molecule has 0 N–H and O–H groups in total. The van der Waals surface area contributed by atoms with Gasteiger partial charge >= 0.3 is 0 Å². The molecule has 2 heteroatoms. The van der Waals surface area contributed by atoms with Crippen LogP contribution in [0.4, 0.5) is 0 Å². The largest absolute Gasteiger partial charge is 0.473 e. The fourth-order valence-corrected chi connectivity index (χ4v) is 0.227. The molecule has 0 aliphatic rings. The second kappa shape index (κ2) is 3.01. The zero-order chi connectivity index (χ0) is 3.54. The molecular formula is C4H4FeO. The van der Waals surface area contributed by atoms with Crippen molar-refractivity contribution < 1.29 is 21.5 Å². The van der Waals surface area contributed by atoms with Crippen molar-refractivity contribution in [3.63, 3.8) is 0 Å². The fourth-order valence-electron chi connectivity index (χ4n) is 0.227. The van der Waals surface area contributed by atoms with Gasteiger partial charge in [-0.15, -0.1) is 0 Å². The molecule has 0 saturated carbocycles. The molecule has 0 bridgehead atoms. The first-order valence-corrected chi connectivity index (χ1v) is 1.47. The molecule has 1 rings (SSSR count). The van der Waals surface area contributed by atoms with Crippen molar-refractivity contribution in [1.29, 1.82) is 0 Å². The average molecular weight is 124 g/mol. The van der Waals surface area contributed by atoms with Crippen molar-refractivity contribution in [3.05, 3.63) is 24.7 Å². The molecule has 0 radical (unpaired) electrons. The van der Waals surface area contributed by atoms with E-state index in [2.05, 4.69) is 4.42 Å². The second-order valence-electron chi connectivity index (χ2n) is 0.793. The Morgan fingerprint density at radius 3 is 1.67 bits per heavy atom. The quantitative estimate of drug-likeness (QED) is 0.474. The van der Waals surface area contributed by atoms with Crippen LogP contribution in [0, 0.1) is 0 Å². The van der Waals surface area contributed by atoms with Crippen LogP contribution in [0.25, 0.3) is 0 Å². The molecule has 0 unspecified atom stereocenters. The second-order valence-corrected chi connectivity index (χ2v) is 0.793. The van der Waals surface area contributed by atoms with Gasteiger partial charge in [-0.1, -0.05) is 0 Å². The van der Waals surface area contributed by atoms with E-state index in [4.69, 9.17) is 0 Å². The molecule has 1 nitrogen and oxygen atoms in total. The van der Waals surface area contributed by atoms with Crippen LogP contribution in [-0.2, 0) is 17.1 Å². The Hall–Kier alpha value is -0.201. The SMILES string of the molecule is [Fe].c1ccoc1. The van der Waals surface area contributed by atoms with E-state index >= 15 is 0 Å². The minimum Gasteiger partial charge on any atom is -0.473 e. The standard InChI is InChI=1S/C4H4O.Fe/c1-2-4-5-3-1;/h1-4H;. The van der Waals surface area contributed by atoms with Crippen LogP contribution in [0.3, 0.4) is 0 Å². The molecule has 1 aromatic rings. The van der Waals surface area contributed by atoms with Crippen molar-refractivity contribution in [2.45, 2.75) is 0 Å². The maximum atomic E-state index is 4.58. The molecule has 1 heterocycles. The van der Waals surface area contributed by atoms with Crippen molar-refractivity contribution in [2.75, 3.05) is 0 Å². The smallest absolute Gasteiger partial charge is 0.0902 e. The van der Waals surface area contributed by atoms with Gasteiger partial charge in [-0.05, 0) is 12.1 Å². The van der Waals surface area contributed by atoms with Gasteiger partial charge in [0.1, 0.15) is 0 Å². The molecule has 0 aliphatic heterocycles. The molecular weight excluding hydrogens is 120 g/mol. The van der Waals surface area contributed by atoms with Crippen LogP contribution < -0.4 is 0 Å². The summed E-state index contributed by atoms with van der Waals surface area (Å²) in [6.07, 6.45) is 3.25. The van der Waals surface area contributed by atoms with Gasteiger partial charge in [0.2, 0.25) is 0 Å². The Morgan fingerprint density at radius 2 is 1.50 bits per heavy atom. The number of furan rings is 1. The van der Waals surface area contributed by atoms with Crippen LogP contribution >= 0.6 is 0 Å².